The molecule has 1 aliphatic carbocycles. The van der Waals surface area contributed by atoms with Gasteiger partial charge in [-0.3, -0.25) is 4.79 Å². The number of rotatable bonds is 1. The van der Waals surface area contributed by atoms with Crippen LogP contribution < -0.4 is 4.72 Å². The van der Waals surface area contributed by atoms with Gasteiger partial charge < -0.3 is 0 Å². The molecule has 0 aromatic heterocycles. The quantitative estimate of drug-likeness (QED) is 0.714. The molecule has 1 heterocycles. The molecule has 0 radical (unpaired) electrons. The van der Waals surface area contributed by atoms with Crippen LogP contribution in [0, 0.1) is 11.8 Å². The highest BCUT2D eigenvalue weighted by Crippen LogP contribution is 2.25. The fraction of sp³-hybridized carbons (Fsp3) is 0.300. The van der Waals surface area contributed by atoms with Gasteiger partial charge in [0.2, 0.25) is 5.91 Å². The first-order valence-electron chi connectivity index (χ1n) is 4.67. The molecule has 0 aromatic rings. The summed E-state index contributed by atoms with van der Waals surface area (Å²) in [5.74, 6) is -0.765. The summed E-state index contributed by atoms with van der Waals surface area (Å²) in [6.07, 6.45) is 9.90. The largest absolute Gasteiger partial charge is 0.273 e. The van der Waals surface area contributed by atoms with Gasteiger partial charge in [-0.2, -0.15) is 0 Å². The summed E-state index contributed by atoms with van der Waals surface area (Å²) >= 11 is 0. The van der Waals surface area contributed by atoms with Gasteiger partial charge in [-0.25, -0.2) is 13.1 Å². The second-order valence-electron chi connectivity index (χ2n) is 3.58. The monoisotopic (exact) mass is 225 g/mol. The molecule has 0 spiro atoms. The molecule has 5 heteroatoms. The Labute approximate surface area is 88.4 Å². The van der Waals surface area contributed by atoms with Crippen molar-refractivity contribution in [1.82, 2.24) is 4.72 Å². The van der Waals surface area contributed by atoms with Crippen LogP contribution in [-0.2, 0) is 14.8 Å². The lowest BCUT2D eigenvalue weighted by Gasteiger charge is -2.23. The lowest BCUT2D eigenvalue weighted by molar-refractivity contribution is -0.122. The van der Waals surface area contributed by atoms with Crippen LogP contribution in [0.15, 0.2) is 35.8 Å². The summed E-state index contributed by atoms with van der Waals surface area (Å²) in [6.45, 7) is 0. The third kappa shape index (κ3) is 2.18. The topological polar surface area (TPSA) is 63.2 Å². The van der Waals surface area contributed by atoms with E-state index in [0.717, 1.165) is 11.8 Å². The zero-order valence-corrected chi connectivity index (χ0v) is 8.78. The molecule has 0 aromatic carbocycles. The summed E-state index contributed by atoms with van der Waals surface area (Å²) in [5, 5.41) is 1.06. The van der Waals surface area contributed by atoms with Crippen LogP contribution in [0.5, 0.6) is 0 Å². The van der Waals surface area contributed by atoms with Gasteiger partial charge in [-0.15, -0.1) is 0 Å². The molecule has 1 N–H and O–H groups in total. The number of hydrogen-bond acceptors (Lipinski definition) is 3. The maximum absolute atomic E-state index is 11.5. The van der Waals surface area contributed by atoms with Crippen molar-refractivity contribution in [2.45, 2.75) is 6.42 Å². The standard InChI is InChI=1S/C10H11NO3S/c12-10-9(6-7-15(13,14)11-10)8-4-2-1-3-5-8/h1-4,6-9H,5H2,(H,11,12). The van der Waals surface area contributed by atoms with Gasteiger partial charge in [-0.1, -0.05) is 30.4 Å². The Bertz CT molecular complexity index is 459. The first-order valence-corrected chi connectivity index (χ1v) is 6.21. The minimum absolute atomic E-state index is 0.0572. The Kier molecular flexibility index (Phi) is 2.48. The van der Waals surface area contributed by atoms with Crippen molar-refractivity contribution >= 4 is 15.9 Å². The van der Waals surface area contributed by atoms with Crippen molar-refractivity contribution in [1.29, 1.82) is 0 Å². The number of amides is 1. The third-order valence-corrected chi connectivity index (χ3v) is 3.49. The summed E-state index contributed by atoms with van der Waals surface area (Å²) in [7, 11) is -3.53. The molecule has 1 aliphatic heterocycles. The summed E-state index contributed by atoms with van der Waals surface area (Å²) in [4.78, 5) is 11.5. The fourth-order valence-corrected chi connectivity index (χ4v) is 2.58. The molecular formula is C10H11NO3S. The zero-order chi connectivity index (χ0) is 10.9. The normalized spacial score (nSPS) is 32.7. The number of carbonyl (C=O) groups is 1. The second-order valence-corrected chi connectivity index (χ2v) is 5.14. The highest BCUT2D eigenvalue weighted by atomic mass is 32.2. The van der Waals surface area contributed by atoms with Crippen molar-refractivity contribution < 1.29 is 13.2 Å². The Morgan fingerprint density at radius 2 is 2.07 bits per heavy atom. The van der Waals surface area contributed by atoms with E-state index in [0.29, 0.717) is 0 Å². The summed E-state index contributed by atoms with van der Waals surface area (Å²) in [6, 6.07) is 0. The summed E-state index contributed by atoms with van der Waals surface area (Å²) < 4.78 is 24.1. The minimum atomic E-state index is -3.53. The van der Waals surface area contributed by atoms with Gasteiger partial charge in [0, 0.05) is 5.41 Å². The average molecular weight is 225 g/mol. The van der Waals surface area contributed by atoms with E-state index in [1.54, 1.807) is 0 Å². The summed E-state index contributed by atoms with van der Waals surface area (Å²) in [5.41, 5.74) is 0. The van der Waals surface area contributed by atoms with Crippen LogP contribution in [0.1, 0.15) is 6.42 Å². The lowest BCUT2D eigenvalue weighted by atomic mass is 9.86. The number of allylic oxidation sites excluding steroid dienone is 4. The van der Waals surface area contributed by atoms with E-state index in [1.165, 1.54) is 6.08 Å². The molecule has 4 nitrogen and oxygen atoms in total. The number of hydrogen-bond donors (Lipinski definition) is 1. The maximum Gasteiger partial charge on any atom is 0.256 e. The zero-order valence-electron chi connectivity index (χ0n) is 7.96. The van der Waals surface area contributed by atoms with Crippen molar-refractivity contribution in [3.63, 3.8) is 0 Å². The van der Waals surface area contributed by atoms with Gasteiger partial charge >= 0.3 is 0 Å². The molecule has 2 rings (SSSR count). The van der Waals surface area contributed by atoms with Crippen LogP contribution in [0.3, 0.4) is 0 Å². The van der Waals surface area contributed by atoms with E-state index in [1.807, 2.05) is 29.0 Å². The maximum atomic E-state index is 11.5. The predicted octanol–water partition coefficient (Wildman–Crippen LogP) is 0.708. The van der Waals surface area contributed by atoms with Crippen LogP contribution in [0.4, 0.5) is 0 Å². The molecule has 15 heavy (non-hydrogen) atoms. The van der Waals surface area contributed by atoms with E-state index in [2.05, 4.69) is 0 Å². The van der Waals surface area contributed by atoms with E-state index < -0.39 is 15.9 Å². The van der Waals surface area contributed by atoms with Crippen LogP contribution in [0.2, 0.25) is 0 Å². The Morgan fingerprint density at radius 1 is 1.27 bits per heavy atom. The molecule has 2 atom stereocenters. The van der Waals surface area contributed by atoms with Crippen molar-refractivity contribution in [3.05, 3.63) is 35.8 Å². The highest BCUT2D eigenvalue weighted by molar-refractivity contribution is 7.93. The van der Waals surface area contributed by atoms with Gasteiger partial charge in [0.1, 0.15) is 0 Å². The smallest absolute Gasteiger partial charge is 0.256 e. The number of carbonyl (C=O) groups excluding carboxylic acids is 1. The second kappa shape index (κ2) is 3.66. The van der Waals surface area contributed by atoms with Crippen LogP contribution in [0.25, 0.3) is 0 Å². The van der Waals surface area contributed by atoms with Gasteiger partial charge in [-0.05, 0) is 12.3 Å². The first-order chi connectivity index (χ1) is 7.08. The van der Waals surface area contributed by atoms with Crippen molar-refractivity contribution in [2.75, 3.05) is 0 Å². The Morgan fingerprint density at radius 3 is 2.67 bits per heavy atom. The van der Waals surface area contributed by atoms with Gasteiger partial charge in [0.15, 0.2) is 0 Å². The molecule has 2 unspecified atom stereocenters. The third-order valence-electron chi connectivity index (χ3n) is 2.49. The molecule has 2 aliphatic rings. The van der Waals surface area contributed by atoms with E-state index in [9.17, 15) is 13.2 Å². The molecule has 1 amide bonds. The van der Waals surface area contributed by atoms with Crippen LogP contribution >= 0.6 is 0 Å². The fourth-order valence-electron chi connectivity index (χ4n) is 1.72. The molecule has 0 saturated heterocycles. The minimum Gasteiger partial charge on any atom is -0.273 e. The van der Waals surface area contributed by atoms with Crippen molar-refractivity contribution in [3.8, 4) is 0 Å². The Balaban J connectivity index is 2.21. The SMILES string of the molecule is O=C1NS(=O)(=O)C=CC1C1C=CC=CC1. The Hall–Kier alpha value is -1.36. The highest BCUT2D eigenvalue weighted by Gasteiger charge is 2.30. The van der Waals surface area contributed by atoms with Gasteiger partial charge in [0.25, 0.3) is 10.0 Å². The van der Waals surface area contributed by atoms with Crippen molar-refractivity contribution in [2.24, 2.45) is 11.8 Å². The van der Waals surface area contributed by atoms with Gasteiger partial charge in [0.05, 0.1) is 5.92 Å². The molecule has 0 saturated carbocycles. The lowest BCUT2D eigenvalue weighted by Crippen LogP contribution is -2.40. The number of sulfonamides is 1. The molecule has 80 valence electrons. The molecular weight excluding hydrogens is 214 g/mol. The predicted molar refractivity (Wildman–Crippen MR) is 56.1 cm³/mol. The average Bonchev–Trinajstić information content (AvgIpc) is 2.17. The van der Waals surface area contributed by atoms with E-state index in [4.69, 9.17) is 0 Å². The van der Waals surface area contributed by atoms with Crippen LogP contribution in [-0.4, -0.2) is 14.3 Å². The van der Waals surface area contributed by atoms with E-state index >= 15 is 0 Å². The van der Waals surface area contributed by atoms with E-state index in [-0.39, 0.29) is 11.8 Å². The molecule has 0 bridgehead atoms. The molecule has 0 fully saturated rings. The number of nitrogens with one attached hydrogen (secondary N) is 1. The first kappa shape index (κ1) is 10.2.